The van der Waals surface area contributed by atoms with Crippen LogP contribution in [0, 0.1) is 6.92 Å². The highest BCUT2D eigenvalue weighted by Gasteiger charge is 2.24. The maximum atomic E-state index is 13.1. The third-order valence-corrected chi connectivity index (χ3v) is 5.23. The van der Waals surface area contributed by atoms with Gasteiger partial charge in [0.15, 0.2) is 0 Å². The third kappa shape index (κ3) is 3.73. The summed E-state index contributed by atoms with van der Waals surface area (Å²) in [5.41, 5.74) is 0.837. The molecule has 3 aromatic rings. The van der Waals surface area contributed by atoms with Crippen LogP contribution in [0.15, 0.2) is 47.5 Å². The zero-order valence-electron chi connectivity index (χ0n) is 15.7. The van der Waals surface area contributed by atoms with Crippen LogP contribution < -0.4 is 11.0 Å². The highest BCUT2D eigenvalue weighted by molar-refractivity contribution is 5.33. The van der Waals surface area contributed by atoms with Crippen LogP contribution >= 0.6 is 0 Å². The number of nitrogens with one attached hydrogen (secondary N) is 1. The van der Waals surface area contributed by atoms with Crippen LogP contribution in [0.5, 0.6) is 0 Å². The van der Waals surface area contributed by atoms with Crippen molar-refractivity contribution >= 4 is 0 Å². The first-order chi connectivity index (χ1) is 13.2. The number of rotatable bonds is 6. The molecule has 1 fully saturated rings. The first-order valence-electron chi connectivity index (χ1n) is 9.67. The number of piperidine rings is 1. The van der Waals surface area contributed by atoms with Crippen molar-refractivity contribution in [1.82, 2.24) is 29.2 Å². The van der Waals surface area contributed by atoms with E-state index in [-0.39, 0.29) is 11.6 Å². The number of aromatic nitrogens is 5. The van der Waals surface area contributed by atoms with Gasteiger partial charge in [0.2, 0.25) is 0 Å². The number of aryl methyl sites for hydroxylation is 3. The van der Waals surface area contributed by atoms with Gasteiger partial charge in [-0.25, -0.2) is 19.0 Å². The molecule has 0 spiro atoms. The monoisotopic (exact) mass is 366 g/mol. The second-order valence-electron chi connectivity index (χ2n) is 7.10. The SMILES string of the molecule is Cc1nccn1CCCn1nc(C2CCCNC2)n(-c2ccccc2)c1=O. The molecule has 1 unspecified atom stereocenters. The molecule has 0 bridgehead atoms. The van der Waals surface area contributed by atoms with Crippen molar-refractivity contribution in [2.75, 3.05) is 13.1 Å². The summed E-state index contributed by atoms with van der Waals surface area (Å²) in [6, 6.07) is 9.84. The van der Waals surface area contributed by atoms with E-state index < -0.39 is 0 Å². The first kappa shape index (κ1) is 17.7. The molecule has 1 saturated heterocycles. The zero-order valence-corrected chi connectivity index (χ0v) is 15.7. The Hall–Kier alpha value is -2.67. The summed E-state index contributed by atoms with van der Waals surface area (Å²) in [6.07, 6.45) is 6.79. The zero-order chi connectivity index (χ0) is 18.6. The second-order valence-corrected chi connectivity index (χ2v) is 7.10. The van der Waals surface area contributed by atoms with E-state index in [2.05, 4.69) is 14.9 Å². The van der Waals surface area contributed by atoms with Gasteiger partial charge in [-0.15, -0.1) is 0 Å². The molecule has 142 valence electrons. The molecule has 1 aliphatic rings. The standard InChI is InChI=1S/C20H26N6O/c1-16-22-11-14-24(16)12-6-13-25-20(27)26(18-8-3-2-4-9-18)19(23-25)17-7-5-10-21-15-17/h2-4,8-9,11,14,17,21H,5-7,10,12-13,15H2,1H3. The Morgan fingerprint density at radius 3 is 2.78 bits per heavy atom. The summed E-state index contributed by atoms with van der Waals surface area (Å²) >= 11 is 0. The number of para-hydroxylation sites is 1. The van der Waals surface area contributed by atoms with Crippen molar-refractivity contribution in [3.63, 3.8) is 0 Å². The molecule has 1 aromatic carbocycles. The van der Waals surface area contributed by atoms with Crippen LogP contribution in [0.25, 0.3) is 5.69 Å². The Morgan fingerprint density at radius 1 is 1.22 bits per heavy atom. The van der Waals surface area contributed by atoms with Crippen LogP contribution in [0.1, 0.15) is 36.8 Å². The Kier molecular flexibility index (Phi) is 5.20. The van der Waals surface area contributed by atoms with Gasteiger partial charge in [0.05, 0.1) is 5.69 Å². The van der Waals surface area contributed by atoms with Gasteiger partial charge in [-0.05, 0) is 44.9 Å². The number of hydrogen-bond acceptors (Lipinski definition) is 4. The van der Waals surface area contributed by atoms with Crippen LogP contribution in [0.4, 0.5) is 0 Å². The van der Waals surface area contributed by atoms with Gasteiger partial charge in [0.25, 0.3) is 0 Å². The Morgan fingerprint density at radius 2 is 2.07 bits per heavy atom. The molecule has 4 rings (SSSR count). The third-order valence-electron chi connectivity index (χ3n) is 5.23. The summed E-state index contributed by atoms with van der Waals surface area (Å²) in [4.78, 5) is 17.4. The molecular formula is C20H26N6O. The summed E-state index contributed by atoms with van der Waals surface area (Å²) in [5, 5.41) is 8.19. The van der Waals surface area contributed by atoms with Gasteiger partial charge in [-0.2, -0.15) is 5.10 Å². The summed E-state index contributed by atoms with van der Waals surface area (Å²) in [5.74, 6) is 2.13. The van der Waals surface area contributed by atoms with E-state index in [4.69, 9.17) is 5.10 Å². The maximum Gasteiger partial charge on any atom is 0.350 e. The molecule has 3 heterocycles. The van der Waals surface area contributed by atoms with E-state index in [1.165, 1.54) is 0 Å². The fourth-order valence-corrected chi connectivity index (χ4v) is 3.76. The molecule has 7 heteroatoms. The van der Waals surface area contributed by atoms with E-state index in [9.17, 15) is 4.79 Å². The summed E-state index contributed by atoms with van der Waals surface area (Å²) < 4.78 is 5.52. The highest BCUT2D eigenvalue weighted by atomic mass is 16.2. The second kappa shape index (κ2) is 7.92. The van der Waals surface area contributed by atoms with Gasteiger partial charge >= 0.3 is 5.69 Å². The highest BCUT2D eigenvalue weighted by Crippen LogP contribution is 2.23. The van der Waals surface area contributed by atoms with Gasteiger partial charge < -0.3 is 9.88 Å². The molecule has 0 radical (unpaired) electrons. The van der Waals surface area contributed by atoms with Crippen molar-refractivity contribution in [2.45, 2.75) is 45.2 Å². The number of hydrogen-bond donors (Lipinski definition) is 1. The van der Waals surface area contributed by atoms with Crippen LogP contribution in [-0.2, 0) is 13.1 Å². The lowest BCUT2D eigenvalue weighted by Gasteiger charge is -2.22. The number of nitrogens with zero attached hydrogens (tertiary/aromatic N) is 5. The van der Waals surface area contributed by atoms with Crippen molar-refractivity contribution < 1.29 is 0 Å². The molecule has 0 aliphatic carbocycles. The Balaban J connectivity index is 1.61. The van der Waals surface area contributed by atoms with E-state index in [1.54, 1.807) is 15.4 Å². The largest absolute Gasteiger partial charge is 0.350 e. The minimum absolute atomic E-state index is 0.0517. The Labute approximate surface area is 158 Å². The van der Waals surface area contributed by atoms with Crippen molar-refractivity contribution in [2.24, 2.45) is 0 Å². The predicted molar refractivity (Wildman–Crippen MR) is 104 cm³/mol. The molecule has 7 nitrogen and oxygen atoms in total. The lowest BCUT2D eigenvalue weighted by molar-refractivity contribution is 0.436. The van der Waals surface area contributed by atoms with Crippen LogP contribution in [0.3, 0.4) is 0 Å². The van der Waals surface area contributed by atoms with Crippen LogP contribution in [-0.4, -0.2) is 37.0 Å². The lowest BCUT2D eigenvalue weighted by Crippen LogP contribution is -2.31. The van der Waals surface area contributed by atoms with Gasteiger partial charge in [0, 0.05) is 37.9 Å². The number of imidazole rings is 1. The topological polar surface area (TPSA) is 69.7 Å². The van der Waals surface area contributed by atoms with Crippen molar-refractivity contribution in [3.05, 3.63) is 64.9 Å². The van der Waals surface area contributed by atoms with Gasteiger partial charge in [-0.1, -0.05) is 18.2 Å². The molecule has 27 heavy (non-hydrogen) atoms. The first-order valence-corrected chi connectivity index (χ1v) is 9.67. The smallest absolute Gasteiger partial charge is 0.335 e. The average Bonchev–Trinajstić information content (AvgIpc) is 3.26. The molecule has 1 aliphatic heterocycles. The van der Waals surface area contributed by atoms with Gasteiger partial charge in [-0.3, -0.25) is 0 Å². The summed E-state index contributed by atoms with van der Waals surface area (Å²) in [7, 11) is 0. The normalized spacial score (nSPS) is 17.3. The molecule has 0 saturated carbocycles. The molecule has 1 N–H and O–H groups in total. The van der Waals surface area contributed by atoms with Crippen molar-refractivity contribution in [1.29, 1.82) is 0 Å². The quantitative estimate of drug-likeness (QED) is 0.725. The Bertz CT molecular complexity index is 933. The molecule has 2 aromatic heterocycles. The molecular weight excluding hydrogens is 340 g/mol. The van der Waals surface area contributed by atoms with E-state index in [0.29, 0.717) is 6.54 Å². The van der Waals surface area contributed by atoms with Gasteiger partial charge in [0.1, 0.15) is 11.6 Å². The fraction of sp³-hybridized carbons (Fsp3) is 0.450. The minimum Gasteiger partial charge on any atom is -0.335 e. The molecule has 1 atom stereocenters. The minimum atomic E-state index is -0.0517. The molecule has 0 amide bonds. The fourth-order valence-electron chi connectivity index (χ4n) is 3.76. The predicted octanol–water partition coefficient (Wildman–Crippen LogP) is 2.10. The number of benzene rings is 1. The van der Waals surface area contributed by atoms with E-state index in [1.807, 2.05) is 43.5 Å². The lowest BCUT2D eigenvalue weighted by atomic mass is 9.99. The van der Waals surface area contributed by atoms with E-state index >= 15 is 0 Å². The maximum absolute atomic E-state index is 13.1. The van der Waals surface area contributed by atoms with Crippen LogP contribution in [0.2, 0.25) is 0 Å². The summed E-state index contributed by atoms with van der Waals surface area (Å²) in [6.45, 7) is 5.33. The average molecular weight is 366 g/mol. The van der Waals surface area contributed by atoms with Crippen molar-refractivity contribution in [3.8, 4) is 5.69 Å². The van der Waals surface area contributed by atoms with E-state index in [0.717, 1.165) is 56.2 Å².